The van der Waals surface area contributed by atoms with Crippen molar-refractivity contribution >= 4 is 18.0 Å². The highest BCUT2D eigenvalue weighted by Crippen LogP contribution is 2.16. The minimum Gasteiger partial charge on any atom is -0.259 e. The van der Waals surface area contributed by atoms with Gasteiger partial charge in [0.15, 0.2) is 0 Å². The van der Waals surface area contributed by atoms with Crippen LogP contribution in [0.4, 0.5) is 5.69 Å². The van der Waals surface area contributed by atoms with E-state index in [9.17, 15) is 0 Å². The molecule has 62 valence electrons. The zero-order chi connectivity index (χ0) is 8.81. The molecule has 0 unspecified atom stereocenters. The lowest BCUT2D eigenvalue weighted by Crippen LogP contribution is -1.79. The largest absolute Gasteiger partial charge is 0.259 e. The van der Waals surface area contributed by atoms with Crippen LogP contribution in [-0.4, -0.2) is 11.2 Å². The van der Waals surface area contributed by atoms with Crippen molar-refractivity contribution in [1.29, 1.82) is 0 Å². The van der Waals surface area contributed by atoms with Crippen molar-refractivity contribution in [2.24, 2.45) is 4.99 Å². The summed E-state index contributed by atoms with van der Waals surface area (Å²) in [7, 11) is 0. The number of aromatic nitrogens is 1. The average molecular weight is 160 g/mol. The molecule has 0 saturated heterocycles. The van der Waals surface area contributed by atoms with Gasteiger partial charge < -0.3 is 0 Å². The second-order valence-corrected chi connectivity index (χ2v) is 2.30. The minimum atomic E-state index is 0.915. The van der Waals surface area contributed by atoms with Crippen molar-refractivity contribution in [3.63, 3.8) is 0 Å². The molecular formula is C10H12N2. The maximum absolute atomic E-state index is 4.19. The lowest BCUT2D eigenvalue weighted by Gasteiger charge is -1.96. The normalized spacial score (nSPS) is 11.5. The number of nitrogens with zero attached hydrogens (tertiary/aromatic N) is 2. The first-order valence-corrected chi connectivity index (χ1v) is 3.95. The monoisotopic (exact) mass is 160 g/mol. The molecule has 0 amide bonds. The average Bonchev–Trinajstić information content (AvgIpc) is 2.09. The van der Waals surface area contributed by atoms with E-state index in [-0.39, 0.29) is 0 Å². The van der Waals surface area contributed by atoms with Gasteiger partial charge in [-0.05, 0) is 32.1 Å². The van der Waals surface area contributed by atoms with Gasteiger partial charge in [0.1, 0.15) is 0 Å². The van der Waals surface area contributed by atoms with Gasteiger partial charge in [-0.3, -0.25) is 9.98 Å². The van der Waals surface area contributed by atoms with Crippen molar-refractivity contribution in [3.8, 4) is 0 Å². The predicted molar refractivity (Wildman–Crippen MR) is 52.8 cm³/mol. The molecule has 0 aliphatic carbocycles. The van der Waals surface area contributed by atoms with Crippen molar-refractivity contribution in [2.45, 2.75) is 13.8 Å². The Labute approximate surface area is 72.7 Å². The van der Waals surface area contributed by atoms with Crippen LogP contribution in [0.1, 0.15) is 19.5 Å². The molecule has 2 heteroatoms. The van der Waals surface area contributed by atoms with Crippen LogP contribution in [0.15, 0.2) is 29.4 Å². The molecule has 0 spiro atoms. The molecule has 1 rings (SSSR count). The molecule has 0 N–H and O–H groups in total. The first-order chi connectivity index (χ1) is 5.88. The third-order valence-electron chi connectivity index (χ3n) is 1.41. The van der Waals surface area contributed by atoms with E-state index >= 15 is 0 Å². The number of allylic oxidation sites excluding steroid dienone is 1. The predicted octanol–water partition coefficient (Wildman–Crippen LogP) is 2.84. The molecule has 0 bridgehead atoms. The molecule has 0 saturated carbocycles. The highest BCUT2D eigenvalue weighted by Gasteiger charge is 1.94. The van der Waals surface area contributed by atoms with Crippen LogP contribution in [0.5, 0.6) is 0 Å². The molecule has 1 aromatic rings. The Morgan fingerprint density at radius 3 is 2.92 bits per heavy atom. The summed E-state index contributed by atoms with van der Waals surface area (Å²) in [6, 6.07) is 3.83. The molecule has 0 atom stereocenters. The smallest absolute Gasteiger partial charge is 0.0882 e. The molecule has 12 heavy (non-hydrogen) atoms. The van der Waals surface area contributed by atoms with Gasteiger partial charge in [0, 0.05) is 12.4 Å². The number of hydrogen-bond donors (Lipinski definition) is 0. The Morgan fingerprint density at radius 2 is 2.25 bits per heavy atom. The van der Waals surface area contributed by atoms with Crippen LogP contribution < -0.4 is 0 Å². The zero-order valence-corrected chi connectivity index (χ0v) is 7.36. The van der Waals surface area contributed by atoms with Gasteiger partial charge >= 0.3 is 0 Å². The molecule has 0 aliphatic heterocycles. The summed E-state index contributed by atoms with van der Waals surface area (Å²) in [4.78, 5) is 8.37. The van der Waals surface area contributed by atoms with E-state index in [1.807, 2.05) is 38.1 Å². The van der Waals surface area contributed by atoms with Crippen LogP contribution >= 0.6 is 0 Å². The van der Waals surface area contributed by atoms with E-state index in [1.165, 1.54) is 0 Å². The zero-order valence-electron chi connectivity index (χ0n) is 7.36. The van der Waals surface area contributed by atoms with Gasteiger partial charge in [-0.15, -0.1) is 0 Å². The van der Waals surface area contributed by atoms with Crippen molar-refractivity contribution in [3.05, 3.63) is 30.1 Å². The van der Waals surface area contributed by atoms with Crippen molar-refractivity contribution in [2.75, 3.05) is 0 Å². The Bertz CT molecular complexity index is 269. The Kier molecular flexibility index (Phi) is 3.20. The third-order valence-corrected chi connectivity index (χ3v) is 1.41. The molecule has 0 aromatic carbocycles. The number of pyridine rings is 1. The summed E-state index contributed by atoms with van der Waals surface area (Å²) < 4.78 is 0. The van der Waals surface area contributed by atoms with Crippen molar-refractivity contribution < 1.29 is 0 Å². The summed E-state index contributed by atoms with van der Waals surface area (Å²) in [6.07, 6.45) is 7.44. The van der Waals surface area contributed by atoms with Crippen LogP contribution in [0.3, 0.4) is 0 Å². The van der Waals surface area contributed by atoms with Gasteiger partial charge in [-0.2, -0.15) is 0 Å². The molecular weight excluding hydrogens is 148 g/mol. The van der Waals surface area contributed by atoms with Gasteiger partial charge in [-0.25, -0.2) is 0 Å². The van der Waals surface area contributed by atoms with E-state index in [2.05, 4.69) is 9.98 Å². The SMILES string of the molecule is C/C=C\c1ncccc1/N=C\C. The molecule has 2 nitrogen and oxygen atoms in total. The quantitative estimate of drug-likeness (QED) is 0.611. The molecule has 1 aromatic heterocycles. The topological polar surface area (TPSA) is 25.2 Å². The van der Waals surface area contributed by atoms with Crippen molar-refractivity contribution in [1.82, 2.24) is 4.98 Å². The third kappa shape index (κ3) is 2.02. The maximum atomic E-state index is 4.19. The van der Waals surface area contributed by atoms with E-state index in [4.69, 9.17) is 0 Å². The van der Waals surface area contributed by atoms with E-state index in [0.29, 0.717) is 0 Å². The highest BCUT2D eigenvalue weighted by atomic mass is 14.8. The molecule has 0 fully saturated rings. The van der Waals surface area contributed by atoms with E-state index in [0.717, 1.165) is 11.4 Å². The van der Waals surface area contributed by atoms with Crippen LogP contribution in [0.25, 0.3) is 6.08 Å². The fourth-order valence-electron chi connectivity index (χ4n) is 0.944. The van der Waals surface area contributed by atoms with Crippen LogP contribution in [0, 0.1) is 0 Å². The highest BCUT2D eigenvalue weighted by molar-refractivity contribution is 5.66. The van der Waals surface area contributed by atoms with Gasteiger partial charge in [0.25, 0.3) is 0 Å². The standard InChI is InChI=1S/C10H12N2/c1-3-6-9-10(11-4-2)7-5-8-12-9/h3-8H,1-2H3/b6-3-,11-4-. The van der Waals surface area contributed by atoms with Gasteiger partial charge in [0.05, 0.1) is 11.4 Å². The molecule has 0 aliphatic rings. The summed E-state index contributed by atoms with van der Waals surface area (Å²) >= 11 is 0. The van der Waals surface area contributed by atoms with Crippen LogP contribution in [-0.2, 0) is 0 Å². The number of aliphatic imine (C=N–C) groups is 1. The fourth-order valence-corrected chi connectivity index (χ4v) is 0.944. The van der Waals surface area contributed by atoms with Gasteiger partial charge in [0.2, 0.25) is 0 Å². The van der Waals surface area contributed by atoms with Gasteiger partial charge in [-0.1, -0.05) is 6.08 Å². The number of rotatable bonds is 2. The number of hydrogen-bond acceptors (Lipinski definition) is 2. The molecule has 0 radical (unpaired) electrons. The second-order valence-electron chi connectivity index (χ2n) is 2.30. The summed E-state index contributed by atoms with van der Waals surface area (Å²) in [5.74, 6) is 0. The summed E-state index contributed by atoms with van der Waals surface area (Å²) in [5, 5.41) is 0. The first-order valence-electron chi connectivity index (χ1n) is 3.95. The summed E-state index contributed by atoms with van der Waals surface area (Å²) in [5.41, 5.74) is 1.83. The molecule has 1 heterocycles. The maximum Gasteiger partial charge on any atom is 0.0882 e. The Morgan fingerprint density at radius 1 is 1.42 bits per heavy atom. The first kappa shape index (κ1) is 8.65. The fraction of sp³-hybridized carbons (Fsp3) is 0.200. The van der Waals surface area contributed by atoms with Crippen LogP contribution in [0.2, 0.25) is 0 Å². The Balaban J connectivity index is 3.08. The minimum absolute atomic E-state index is 0.915. The summed E-state index contributed by atoms with van der Waals surface area (Å²) in [6.45, 7) is 3.86. The Hall–Kier alpha value is -1.44. The van der Waals surface area contributed by atoms with E-state index in [1.54, 1.807) is 12.4 Å². The lowest BCUT2D eigenvalue weighted by molar-refractivity contribution is 1.27. The van der Waals surface area contributed by atoms with E-state index < -0.39 is 0 Å². The lowest BCUT2D eigenvalue weighted by atomic mass is 10.3. The second kappa shape index (κ2) is 4.44.